The third-order valence-electron chi connectivity index (χ3n) is 5.04. The fraction of sp³-hybridized carbons (Fsp3) is 0.474. The SMILES string of the molecule is Cc1nc2sc([C@@H](c3ccccc3C)[NH+]3C[C@@H](C)O[C@H](C)C3)c(O)n2n1. The van der Waals surface area contributed by atoms with Gasteiger partial charge in [0.05, 0.1) is 0 Å². The van der Waals surface area contributed by atoms with Crippen LogP contribution in [0.1, 0.15) is 41.7 Å². The molecule has 0 spiro atoms. The molecule has 0 aliphatic carbocycles. The highest BCUT2D eigenvalue weighted by Gasteiger charge is 2.38. The van der Waals surface area contributed by atoms with Gasteiger partial charge < -0.3 is 14.7 Å². The minimum atomic E-state index is 0.0406. The van der Waals surface area contributed by atoms with Crippen LogP contribution in [0.5, 0.6) is 5.88 Å². The Morgan fingerprint density at radius 1 is 1.23 bits per heavy atom. The van der Waals surface area contributed by atoms with E-state index in [1.807, 2.05) is 6.92 Å². The van der Waals surface area contributed by atoms with E-state index in [2.05, 4.69) is 55.1 Å². The molecule has 1 aliphatic heterocycles. The van der Waals surface area contributed by atoms with E-state index >= 15 is 0 Å². The van der Waals surface area contributed by atoms with Crippen LogP contribution in [0, 0.1) is 13.8 Å². The van der Waals surface area contributed by atoms with Crippen LogP contribution in [0.3, 0.4) is 0 Å². The molecule has 0 bridgehead atoms. The van der Waals surface area contributed by atoms with E-state index in [9.17, 15) is 5.11 Å². The van der Waals surface area contributed by atoms with Gasteiger partial charge in [-0.2, -0.15) is 4.52 Å². The minimum Gasteiger partial charge on any atom is -0.492 e. The number of hydrogen-bond donors (Lipinski definition) is 2. The summed E-state index contributed by atoms with van der Waals surface area (Å²) in [4.78, 5) is 7.51. The van der Waals surface area contributed by atoms with Gasteiger partial charge in [0.25, 0.3) is 0 Å². The Balaban J connectivity index is 1.85. The largest absolute Gasteiger partial charge is 0.492 e. The van der Waals surface area contributed by atoms with E-state index in [4.69, 9.17) is 4.74 Å². The zero-order valence-corrected chi connectivity index (χ0v) is 16.4. The summed E-state index contributed by atoms with van der Waals surface area (Å²) in [5.41, 5.74) is 2.46. The topological polar surface area (TPSA) is 64.1 Å². The molecule has 3 heterocycles. The van der Waals surface area contributed by atoms with Gasteiger partial charge in [0.15, 0.2) is 6.04 Å². The average Bonchev–Trinajstić information content (AvgIpc) is 3.07. The number of ether oxygens (including phenoxy) is 1. The van der Waals surface area contributed by atoms with Crippen LogP contribution in [0.25, 0.3) is 4.96 Å². The van der Waals surface area contributed by atoms with E-state index in [0.717, 1.165) is 22.9 Å². The number of benzene rings is 1. The highest BCUT2D eigenvalue weighted by molar-refractivity contribution is 7.17. The second-order valence-corrected chi connectivity index (χ2v) is 8.27. The Hall–Kier alpha value is -1.96. The van der Waals surface area contributed by atoms with Crippen molar-refractivity contribution in [2.45, 2.75) is 45.9 Å². The summed E-state index contributed by atoms with van der Waals surface area (Å²) in [5.74, 6) is 0.879. The number of nitrogens with one attached hydrogen (secondary N) is 1. The Kier molecular flexibility index (Phi) is 4.46. The lowest BCUT2D eigenvalue weighted by atomic mass is 9.97. The van der Waals surface area contributed by atoms with Crippen molar-refractivity contribution in [2.75, 3.05) is 13.1 Å². The van der Waals surface area contributed by atoms with Gasteiger partial charge in [0, 0.05) is 5.56 Å². The lowest BCUT2D eigenvalue weighted by molar-refractivity contribution is -0.939. The number of aromatic hydroxyl groups is 1. The summed E-state index contributed by atoms with van der Waals surface area (Å²) in [5, 5.41) is 15.3. The standard InChI is InChI=1S/C19H24N4O2S/c1-11-7-5-6-8-15(11)16(22-9-12(2)25-13(3)10-22)17-18(24)23-19(26-17)20-14(4)21-23/h5-8,12-13,16,24H,9-10H2,1-4H3/p+1/t12-,13-,16-/m1/s1. The second kappa shape index (κ2) is 6.64. The van der Waals surface area contributed by atoms with Gasteiger partial charge in [-0.1, -0.05) is 35.6 Å². The van der Waals surface area contributed by atoms with Crippen LogP contribution in [-0.2, 0) is 4.74 Å². The fourth-order valence-corrected chi connectivity index (χ4v) is 5.22. The number of fused-ring (bicyclic) bond motifs is 1. The van der Waals surface area contributed by atoms with E-state index in [-0.39, 0.29) is 24.1 Å². The summed E-state index contributed by atoms with van der Waals surface area (Å²) in [6.07, 6.45) is 0.374. The van der Waals surface area contributed by atoms with Gasteiger partial charge in [0.1, 0.15) is 36.0 Å². The zero-order chi connectivity index (χ0) is 18.4. The van der Waals surface area contributed by atoms with Crippen LogP contribution < -0.4 is 4.90 Å². The first-order valence-corrected chi connectivity index (χ1v) is 9.86. The first-order chi connectivity index (χ1) is 12.4. The Bertz CT molecular complexity index is 925. The first kappa shape index (κ1) is 17.5. The molecular weight excluding hydrogens is 348 g/mol. The number of morpholine rings is 1. The quantitative estimate of drug-likeness (QED) is 0.736. The highest BCUT2D eigenvalue weighted by atomic mass is 32.1. The molecule has 7 heteroatoms. The molecule has 1 fully saturated rings. The van der Waals surface area contributed by atoms with Crippen molar-refractivity contribution < 1.29 is 14.7 Å². The Morgan fingerprint density at radius 2 is 1.92 bits per heavy atom. The smallest absolute Gasteiger partial charge is 0.235 e. The van der Waals surface area contributed by atoms with E-state index in [1.165, 1.54) is 27.4 Å². The van der Waals surface area contributed by atoms with Crippen molar-refractivity contribution in [3.05, 3.63) is 46.1 Å². The fourth-order valence-electron chi connectivity index (χ4n) is 4.04. The molecule has 0 unspecified atom stereocenters. The molecule has 1 aromatic carbocycles. The van der Waals surface area contributed by atoms with Crippen LogP contribution in [0.4, 0.5) is 0 Å². The van der Waals surface area contributed by atoms with Gasteiger partial charge in [-0.05, 0) is 33.3 Å². The number of quaternary nitrogens is 1. The summed E-state index contributed by atoms with van der Waals surface area (Å²) in [7, 11) is 0. The molecule has 2 aromatic heterocycles. The van der Waals surface area contributed by atoms with Crippen molar-refractivity contribution in [3.8, 4) is 5.88 Å². The number of aryl methyl sites for hydroxylation is 2. The molecule has 1 aliphatic rings. The molecular formula is C19H25N4O2S+. The zero-order valence-electron chi connectivity index (χ0n) is 15.6. The van der Waals surface area contributed by atoms with E-state index in [0.29, 0.717) is 5.82 Å². The highest BCUT2D eigenvalue weighted by Crippen LogP contribution is 2.36. The number of aromatic nitrogens is 3. The summed E-state index contributed by atoms with van der Waals surface area (Å²) in [6.45, 7) is 10.0. The molecule has 6 nitrogen and oxygen atoms in total. The predicted molar refractivity (Wildman–Crippen MR) is 101 cm³/mol. The van der Waals surface area contributed by atoms with Gasteiger partial charge in [-0.25, -0.2) is 4.98 Å². The molecule has 0 saturated carbocycles. The lowest BCUT2D eigenvalue weighted by Crippen LogP contribution is -3.15. The van der Waals surface area contributed by atoms with E-state index in [1.54, 1.807) is 4.52 Å². The lowest BCUT2D eigenvalue weighted by Gasteiger charge is -2.37. The third kappa shape index (κ3) is 3.00. The Morgan fingerprint density at radius 3 is 2.58 bits per heavy atom. The van der Waals surface area contributed by atoms with Crippen LogP contribution >= 0.6 is 11.3 Å². The molecule has 0 radical (unpaired) electrons. The maximum absolute atomic E-state index is 10.9. The minimum absolute atomic E-state index is 0.0406. The Labute approximate surface area is 157 Å². The number of rotatable bonds is 3. The molecule has 1 saturated heterocycles. The molecule has 138 valence electrons. The van der Waals surface area contributed by atoms with Crippen LogP contribution in [0.2, 0.25) is 0 Å². The predicted octanol–water partition coefficient (Wildman–Crippen LogP) is 1.89. The average molecular weight is 374 g/mol. The van der Waals surface area contributed by atoms with Crippen LogP contribution in [-0.4, -0.2) is 45.0 Å². The number of hydrogen-bond acceptors (Lipinski definition) is 5. The van der Waals surface area contributed by atoms with Gasteiger partial charge in [-0.15, -0.1) is 5.10 Å². The molecule has 4 rings (SSSR count). The van der Waals surface area contributed by atoms with Gasteiger partial charge >= 0.3 is 0 Å². The normalized spacial score (nSPS) is 24.8. The van der Waals surface area contributed by atoms with Crippen molar-refractivity contribution >= 4 is 16.3 Å². The van der Waals surface area contributed by atoms with Crippen molar-refractivity contribution in [2.24, 2.45) is 0 Å². The number of thiazole rings is 1. The van der Waals surface area contributed by atoms with Crippen molar-refractivity contribution in [3.63, 3.8) is 0 Å². The number of nitrogens with zero attached hydrogens (tertiary/aromatic N) is 3. The molecule has 26 heavy (non-hydrogen) atoms. The second-order valence-electron chi connectivity index (χ2n) is 7.26. The monoisotopic (exact) mass is 373 g/mol. The van der Waals surface area contributed by atoms with Crippen molar-refractivity contribution in [1.82, 2.24) is 14.6 Å². The van der Waals surface area contributed by atoms with Crippen molar-refractivity contribution in [1.29, 1.82) is 0 Å². The summed E-state index contributed by atoms with van der Waals surface area (Å²) >= 11 is 1.53. The first-order valence-electron chi connectivity index (χ1n) is 9.04. The summed E-state index contributed by atoms with van der Waals surface area (Å²) in [6, 6.07) is 8.46. The third-order valence-corrected chi connectivity index (χ3v) is 6.12. The summed E-state index contributed by atoms with van der Waals surface area (Å²) < 4.78 is 7.51. The van der Waals surface area contributed by atoms with E-state index < -0.39 is 0 Å². The van der Waals surface area contributed by atoms with Gasteiger partial charge in [0.2, 0.25) is 10.8 Å². The van der Waals surface area contributed by atoms with Crippen LogP contribution in [0.15, 0.2) is 24.3 Å². The molecule has 3 atom stereocenters. The molecule has 2 N–H and O–H groups in total. The van der Waals surface area contributed by atoms with Gasteiger partial charge in [-0.3, -0.25) is 0 Å². The maximum Gasteiger partial charge on any atom is 0.235 e. The molecule has 0 amide bonds. The molecule has 3 aromatic rings. The maximum atomic E-state index is 10.9.